The molecule has 3 atom stereocenters. The Bertz CT molecular complexity index is 766. The molecule has 3 unspecified atom stereocenters. The number of carbonyl (C=O) groups excluding carboxylic acids is 2. The van der Waals surface area contributed by atoms with E-state index in [1.54, 1.807) is 19.9 Å². The summed E-state index contributed by atoms with van der Waals surface area (Å²) in [6.07, 6.45) is 4.46. The van der Waals surface area contributed by atoms with Crippen LogP contribution in [0.5, 0.6) is 5.75 Å². The van der Waals surface area contributed by atoms with Gasteiger partial charge >= 0.3 is 11.9 Å². The van der Waals surface area contributed by atoms with Crippen LogP contribution >= 0.6 is 0 Å². The number of carbonyl (C=O) groups is 3. The smallest absolute Gasteiger partial charge is 0.322 e. The molecular formula is C23H34N2O5. The predicted molar refractivity (Wildman–Crippen MR) is 114 cm³/mol. The van der Waals surface area contributed by atoms with Crippen molar-refractivity contribution in [3.05, 3.63) is 29.8 Å². The summed E-state index contributed by atoms with van der Waals surface area (Å²) in [5.41, 5.74) is 1.20. The molecule has 0 saturated carbocycles. The van der Waals surface area contributed by atoms with Crippen LogP contribution in [0.1, 0.15) is 52.0 Å². The highest BCUT2D eigenvalue weighted by Crippen LogP contribution is 2.37. The standard InChI is InChI=1S/C23H34N2O5/c1-5-23(11-6-7-12-25(4)15-23)18-9-8-10-19(13-18)30-22(29)17(3)16(2)21(28)24-14-20(26)27/h8-10,13,16-17H,5-7,11-12,14-15H2,1-4H3,(H,24,28)(H,26,27). The number of rotatable bonds is 8. The zero-order valence-corrected chi connectivity index (χ0v) is 18.4. The maximum atomic E-state index is 12.6. The molecule has 30 heavy (non-hydrogen) atoms. The van der Waals surface area contributed by atoms with Gasteiger partial charge in [-0.05, 0) is 50.6 Å². The summed E-state index contributed by atoms with van der Waals surface area (Å²) >= 11 is 0. The van der Waals surface area contributed by atoms with E-state index in [2.05, 4.69) is 30.3 Å². The van der Waals surface area contributed by atoms with Gasteiger partial charge < -0.3 is 20.1 Å². The van der Waals surface area contributed by atoms with Crippen LogP contribution in [0.15, 0.2) is 24.3 Å². The number of amides is 1. The maximum absolute atomic E-state index is 12.6. The van der Waals surface area contributed by atoms with Gasteiger partial charge in [0.2, 0.25) is 5.91 Å². The Labute approximate surface area is 178 Å². The van der Waals surface area contributed by atoms with Gasteiger partial charge in [-0.2, -0.15) is 0 Å². The normalized spacial score (nSPS) is 21.9. The van der Waals surface area contributed by atoms with Crippen molar-refractivity contribution in [3.8, 4) is 5.75 Å². The number of hydrogen-bond acceptors (Lipinski definition) is 5. The molecule has 1 heterocycles. The molecule has 2 N–H and O–H groups in total. The van der Waals surface area contributed by atoms with Gasteiger partial charge in [-0.15, -0.1) is 0 Å². The molecule has 0 aliphatic carbocycles. The van der Waals surface area contributed by atoms with Crippen LogP contribution in [-0.4, -0.2) is 54.5 Å². The van der Waals surface area contributed by atoms with Crippen molar-refractivity contribution < 1.29 is 24.2 Å². The van der Waals surface area contributed by atoms with E-state index in [1.165, 1.54) is 18.4 Å². The van der Waals surface area contributed by atoms with Crippen LogP contribution in [0.25, 0.3) is 0 Å². The second-order valence-corrected chi connectivity index (χ2v) is 8.47. The number of aliphatic carboxylic acids is 1. The Hall–Kier alpha value is -2.41. The molecule has 2 rings (SSSR count). The Kier molecular flexibility index (Phi) is 8.41. The van der Waals surface area contributed by atoms with Gasteiger partial charge in [0.25, 0.3) is 0 Å². The van der Waals surface area contributed by atoms with E-state index in [0.717, 1.165) is 25.9 Å². The van der Waals surface area contributed by atoms with Gasteiger partial charge in [-0.3, -0.25) is 14.4 Å². The fourth-order valence-electron chi connectivity index (χ4n) is 4.10. The fourth-order valence-corrected chi connectivity index (χ4v) is 4.10. The lowest BCUT2D eigenvalue weighted by atomic mass is 9.74. The van der Waals surface area contributed by atoms with E-state index in [9.17, 15) is 14.4 Å². The van der Waals surface area contributed by atoms with E-state index < -0.39 is 36.2 Å². The average Bonchev–Trinajstić information content (AvgIpc) is 2.92. The van der Waals surface area contributed by atoms with Crippen molar-refractivity contribution >= 4 is 17.8 Å². The molecule has 0 aromatic heterocycles. The first kappa shape index (κ1) is 23.9. The summed E-state index contributed by atoms with van der Waals surface area (Å²) in [5.74, 6) is -3.04. The fraction of sp³-hybridized carbons (Fsp3) is 0.609. The summed E-state index contributed by atoms with van der Waals surface area (Å²) in [5, 5.41) is 11.0. The monoisotopic (exact) mass is 418 g/mol. The van der Waals surface area contributed by atoms with Crippen LogP contribution in [0.4, 0.5) is 0 Å². The third-order valence-corrected chi connectivity index (χ3v) is 6.31. The average molecular weight is 419 g/mol. The Morgan fingerprint density at radius 1 is 1.23 bits per heavy atom. The zero-order valence-electron chi connectivity index (χ0n) is 18.4. The number of benzene rings is 1. The molecule has 7 nitrogen and oxygen atoms in total. The molecule has 1 aromatic rings. The number of ether oxygens (including phenoxy) is 1. The van der Waals surface area contributed by atoms with Gasteiger partial charge in [0, 0.05) is 17.9 Å². The SMILES string of the molecule is CCC1(c2cccc(OC(=O)C(C)C(C)C(=O)NCC(=O)O)c2)CCCCN(C)C1. The third-order valence-electron chi connectivity index (χ3n) is 6.31. The Balaban J connectivity index is 2.11. The number of carboxylic acid groups (broad SMARTS) is 1. The lowest BCUT2D eigenvalue weighted by molar-refractivity contribution is -0.144. The first-order chi connectivity index (χ1) is 14.2. The summed E-state index contributed by atoms with van der Waals surface area (Å²) in [6, 6.07) is 7.72. The van der Waals surface area contributed by atoms with Crippen molar-refractivity contribution in [1.82, 2.24) is 10.2 Å². The Morgan fingerprint density at radius 3 is 2.63 bits per heavy atom. The van der Waals surface area contributed by atoms with Crippen molar-refractivity contribution in [3.63, 3.8) is 0 Å². The largest absolute Gasteiger partial charge is 0.480 e. The van der Waals surface area contributed by atoms with Crippen molar-refractivity contribution in [2.75, 3.05) is 26.7 Å². The van der Waals surface area contributed by atoms with Crippen LogP contribution in [0.3, 0.4) is 0 Å². The van der Waals surface area contributed by atoms with E-state index in [0.29, 0.717) is 5.75 Å². The first-order valence-corrected chi connectivity index (χ1v) is 10.7. The minimum absolute atomic E-state index is 0.0310. The van der Waals surface area contributed by atoms with E-state index in [1.807, 2.05) is 12.1 Å². The van der Waals surface area contributed by atoms with E-state index in [4.69, 9.17) is 9.84 Å². The summed E-state index contributed by atoms with van der Waals surface area (Å²) in [4.78, 5) is 37.7. The van der Waals surface area contributed by atoms with Crippen LogP contribution < -0.4 is 10.1 Å². The summed E-state index contributed by atoms with van der Waals surface area (Å²) in [6.45, 7) is 7.00. The number of nitrogens with zero attached hydrogens (tertiary/aromatic N) is 1. The van der Waals surface area contributed by atoms with Gasteiger partial charge in [-0.1, -0.05) is 39.3 Å². The number of esters is 1. The molecule has 166 valence electrons. The van der Waals surface area contributed by atoms with Crippen molar-refractivity contribution in [2.24, 2.45) is 11.8 Å². The van der Waals surface area contributed by atoms with E-state index >= 15 is 0 Å². The predicted octanol–water partition coefficient (Wildman–Crippen LogP) is 2.83. The quantitative estimate of drug-likeness (QED) is 0.498. The minimum Gasteiger partial charge on any atom is -0.480 e. The highest BCUT2D eigenvalue weighted by molar-refractivity contribution is 5.87. The lowest BCUT2D eigenvalue weighted by Crippen LogP contribution is -2.39. The Morgan fingerprint density at radius 2 is 1.97 bits per heavy atom. The van der Waals surface area contributed by atoms with Crippen LogP contribution in [0, 0.1) is 11.8 Å². The second-order valence-electron chi connectivity index (χ2n) is 8.47. The third kappa shape index (κ3) is 6.05. The lowest BCUT2D eigenvalue weighted by Gasteiger charge is -2.35. The van der Waals surface area contributed by atoms with Crippen molar-refractivity contribution in [2.45, 2.75) is 51.9 Å². The van der Waals surface area contributed by atoms with Crippen molar-refractivity contribution in [1.29, 1.82) is 0 Å². The highest BCUT2D eigenvalue weighted by Gasteiger charge is 2.34. The molecule has 1 aliphatic rings. The molecule has 1 aliphatic heterocycles. The highest BCUT2D eigenvalue weighted by atomic mass is 16.5. The minimum atomic E-state index is -1.13. The molecule has 1 fully saturated rings. The molecular weight excluding hydrogens is 384 g/mol. The first-order valence-electron chi connectivity index (χ1n) is 10.7. The number of nitrogens with one attached hydrogen (secondary N) is 1. The molecule has 1 saturated heterocycles. The van der Waals surface area contributed by atoms with Gasteiger partial charge in [-0.25, -0.2) is 0 Å². The van der Waals surface area contributed by atoms with Gasteiger partial charge in [0.15, 0.2) is 0 Å². The number of likely N-dealkylation sites (N-methyl/N-ethyl adjacent to an activating group) is 1. The molecule has 0 radical (unpaired) electrons. The van der Waals surface area contributed by atoms with Gasteiger partial charge in [0.05, 0.1) is 5.92 Å². The van der Waals surface area contributed by atoms with Gasteiger partial charge in [0.1, 0.15) is 12.3 Å². The van der Waals surface area contributed by atoms with Crippen LogP contribution in [0.2, 0.25) is 0 Å². The molecule has 1 aromatic carbocycles. The number of likely N-dealkylation sites (tertiary alicyclic amines) is 1. The maximum Gasteiger partial charge on any atom is 0.322 e. The number of carboxylic acids is 1. The topological polar surface area (TPSA) is 95.9 Å². The number of hydrogen-bond donors (Lipinski definition) is 2. The second kappa shape index (κ2) is 10.6. The molecule has 1 amide bonds. The summed E-state index contributed by atoms with van der Waals surface area (Å²) < 4.78 is 5.60. The molecule has 0 bridgehead atoms. The zero-order chi connectivity index (χ0) is 22.3. The molecule has 0 spiro atoms. The van der Waals surface area contributed by atoms with Crippen LogP contribution in [-0.2, 0) is 19.8 Å². The van der Waals surface area contributed by atoms with E-state index in [-0.39, 0.29) is 5.41 Å². The summed E-state index contributed by atoms with van der Waals surface area (Å²) in [7, 11) is 2.15. The molecule has 7 heteroatoms.